The van der Waals surface area contributed by atoms with Crippen LogP contribution in [-0.2, 0) is 12.8 Å². The quantitative estimate of drug-likeness (QED) is 0.0988. The van der Waals surface area contributed by atoms with Crippen molar-refractivity contribution in [2.75, 3.05) is 0 Å². The van der Waals surface area contributed by atoms with E-state index in [2.05, 4.69) is 50.3 Å². The first-order valence-corrected chi connectivity index (χ1v) is 15.6. The molecule has 0 aliphatic rings. The molecule has 34 heavy (non-hydrogen) atoms. The van der Waals surface area contributed by atoms with Gasteiger partial charge in [-0.1, -0.05) is 153 Å². The van der Waals surface area contributed by atoms with Crippen LogP contribution in [-0.4, -0.2) is 0 Å². The second-order valence-corrected chi connectivity index (χ2v) is 10.7. The number of aryl methyl sites for hydroxylation is 2. The number of unbranched alkanes of at least 4 members (excludes halogenated alkanes) is 19. The second-order valence-electron chi connectivity index (χ2n) is 10.7. The molecule has 0 N–H and O–H groups in total. The van der Waals surface area contributed by atoms with Crippen molar-refractivity contribution in [1.29, 1.82) is 0 Å². The molecule has 0 heteroatoms. The molecule has 0 atom stereocenters. The van der Waals surface area contributed by atoms with Crippen molar-refractivity contribution in [3.63, 3.8) is 0 Å². The van der Waals surface area contributed by atoms with Crippen LogP contribution in [0, 0.1) is 0 Å². The highest BCUT2D eigenvalue weighted by Crippen LogP contribution is 2.15. The fourth-order valence-electron chi connectivity index (χ4n) is 4.91. The lowest BCUT2D eigenvalue weighted by Gasteiger charge is -2.05. The average Bonchev–Trinajstić information content (AvgIpc) is 2.86. The van der Waals surface area contributed by atoms with Gasteiger partial charge in [-0.25, -0.2) is 0 Å². The number of hydrogen-bond donors (Lipinski definition) is 0. The summed E-state index contributed by atoms with van der Waals surface area (Å²) in [5.41, 5.74) is 3.07. The molecular weight excluding hydrogens is 408 g/mol. The monoisotopic (exact) mass is 468 g/mol. The Morgan fingerprint density at radius 1 is 0.382 bits per heavy atom. The van der Waals surface area contributed by atoms with Crippen LogP contribution in [0.2, 0.25) is 0 Å². The molecule has 0 saturated carbocycles. The summed E-state index contributed by atoms with van der Waals surface area (Å²) in [6.45, 7) is 4.59. The number of benzene rings is 1. The topological polar surface area (TPSA) is 0 Å². The van der Waals surface area contributed by atoms with Crippen LogP contribution < -0.4 is 0 Å². The zero-order valence-electron chi connectivity index (χ0n) is 23.4. The van der Waals surface area contributed by atoms with Crippen molar-refractivity contribution in [3.05, 3.63) is 47.5 Å². The summed E-state index contributed by atoms with van der Waals surface area (Å²) in [4.78, 5) is 0. The van der Waals surface area contributed by atoms with Gasteiger partial charge in [0.15, 0.2) is 0 Å². The van der Waals surface area contributed by atoms with Crippen LogP contribution >= 0.6 is 0 Å². The Morgan fingerprint density at radius 3 is 1.03 bits per heavy atom. The van der Waals surface area contributed by atoms with E-state index in [9.17, 15) is 0 Å². The largest absolute Gasteiger partial charge is 0.0885 e. The Labute approximate surface area is 215 Å². The molecule has 1 aromatic rings. The van der Waals surface area contributed by atoms with Gasteiger partial charge in [0.25, 0.3) is 0 Å². The molecule has 0 fully saturated rings. The van der Waals surface area contributed by atoms with Gasteiger partial charge in [0.2, 0.25) is 0 Å². The Balaban J connectivity index is 1.88. The van der Waals surface area contributed by atoms with E-state index in [0.29, 0.717) is 0 Å². The van der Waals surface area contributed by atoms with Gasteiger partial charge in [-0.3, -0.25) is 0 Å². The van der Waals surface area contributed by atoms with Crippen molar-refractivity contribution >= 4 is 0 Å². The van der Waals surface area contributed by atoms with Crippen molar-refractivity contribution in [2.45, 2.75) is 168 Å². The summed E-state index contributed by atoms with van der Waals surface area (Å²) in [6.07, 6.45) is 38.1. The molecule has 0 bridgehead atoms. The second kappa shape index (κ2) is 25.1. The summed E-state index contributed by atoms with van der Waals surface area (Å²) in [7, 11) is 0. The van der Waals surface area contributed by atoms with E-state index < -0.39 is 0 Å². The summed E-state index contributed by atoms with van der Waals surface area (Å²) in [5, 5.41) is 0. The Kier molecular flexibility index (Phi) is 22.8. The van der Waals surface area contributed by atoms with Crippen LogP contribution in [0.1, 0.15) is 166 Å². The third kappa shape index (κ3) is 20.3. The van der Waals surface area contributed by atoms with Crippen LogP contribution in [0.5, 0.6) is 0 Å². The lowest BCUT2D eigenvalue weighted by molar-refractivity contribution is 0.575. The number of allylic oxidation sites excluding steroid dienone is 2. The highest BCUT2D eigenvalue weighted by Gasteiger charge is 1.98. The molecule has 0 heterocycles. The van der Waals surface area contributed by atoms with E-state index in [1.807, 2.05) is 0 Å². The minimum atomic E-state index is 1.26. The number of hydrogen-bond acceptors (Lipinski definition) is 0. The van der Waals surface area contributed by atoms with Crippen molar-refractivity contribution < 1.29 is 0 Å². The van der Waals surface area contributed by atoms with Gasteiger partial charge in [-0.15, -0.1) is 0 Å². The zero-order valence-corrected chi connectivity index (χ0v) is 23.4. The van der Waals surface area contributed by atoms with Crippen LogP contribution in [0.4, 0.5) is 0 Å². The van der Waals surface area contributed by atoms with Gasteiger partial charge in [0.05, 0.1) is 0 Å². The minimum Gasteiger partial charge on any atom is -0.0885 e. The zero-order chi connectivity index (χ0) is 24.4. The number of rotatable bonds is 25. The highest BCUT2D eigenvalue weighted by atomic mass is 14.0. The minimum absolute atomic E-state index is 1.26. The maximum absolute atomic E-state index is 2.43. The molecular formula is C34H60. The summed E-state index contributed by atoms with van der Waals surface area (Å²) in [6, 6.07) is 9.54. The molecule has 0 amide bonds. The predicted molar refractivity (Wildman–Crippen MR) is 156 cm³/mol. The summed E-state index contributed by atoms with van der Waals surface area (Å²) < 4.78 is 0. The van der Waals surface area contributed by atoms with Crippen molar-refractivity contribution in [1.82, 2.24) is 0 Å². The predicted octanol–water partition coefficient (Wildman–Crippen LogP) is 11.9. The molecule has 0 saturated heterocycles. The van der Waals surface area contributed by atoms with E-state index in [0.717, 1.165) is 0 Å². The fraction of sp³-hybridized carbons (Fsp3) is 0.765. The maximum atomic E-state index is 2.43. The molecule has 1 rings (SSSR count). The highest BCUT2D eigenvalue weighted by molar-refractivity contribution is 5.22. The van der Waals surface area contributed by atoms with Gasteiger partial charge in [0, 0.05) is 0 Å². The van der Waals surface area contributed by atoms with Gasteiger partial charge < -0.3 is 0 Å². The normalized spacial score (nSPS) is 11.6. The molecule has 0 aromatic heterocycles. The van der Waals surface area contributed by atoms with Gasteiger partial charge in [0.1, 0.15) is 0 Å². The molecule has 0 unspecified atom stereocenters. The maximum Gasteiger partial charge on any atom is -0.0279 e. The smallest absolute Gasteiger partial charge is 0.0279 e. The Morgan fingerprint density at radius 2 is 0.676 bits per heavy atom. The average molecular weight is 469 g/mol. The molecule has 196 valence electrons. The first-order valence-electron chi connectivity index (χ1n) is 15.6. The van der Waals surface area contributed by atoms with Crippen LogP contribution in [0.25, 0.3) is 0 Å². The third-order valence-corrected chi connectivity index (χ3v) is 7.32. The summed E-state index contributed by atoms with van der Waals surface area (Å²) >= 11 is 0. The van der Waals surface area contributed by atoms with E-state index in [1.165, 1.54) is 165 Å². The molecule has 0 aliphatic heterocycles. The van der Waals surface area contributed by atoms with E-state index >= 15 is 0 Å². The SMILES string of the molecule is CCCCCCCC/C=C\CCCCCCCCc1ccc(CCCCCCCCCC)cc1. The van der Waals surface area contributed by atoms with Gasteiger partial charge in [-0.05, 0) is 62.5 Å². The lowest BCUT2D eigenvalue weighted by atomic mass is 10.0. The van der Waals surface area contributed by atoms with Gasteiger partial charge >= 0.3 is 0 Å². The molecule has 0 radical (unpaired) electrons. The Hall–Kier alpha value is -1.04. The first-order chi connectivity index (χ1) is 16.9. The van der Waals surface area contributed by atoms with Crippen LogP contribution in [0.3, 0.4) is 0 Å². The Bertz CT molecular complexity index is 538. The van der Waals surface area contributed by atoms with E-state index in [-0.39, 0.29) is 0 Å². The van der Waals surface area contributed by atoms with Gasteiger partial charge in [-0.2, -0.15) is 0 Å². The van der Waals surface area contributed by atoms with E-state index in [1.54, 1.807) is 0 Å². The summed E-state index contributed by atoms with van der Waals surface area (Å²) in [5.74, 6) is 0. The first kappa shape index (κ1) is 31.0. The standard InChI is InChI=1S/C34H60/c1-3-5-7-9-11-13-14-15-16-17-18-19-20-22-24-26-28-34-31-29-33(30-32-34)27-25-23-21-12-10-8-6-4-2/h15-16,29-32H,3-14,17-28H2,1-2H3/b16-15-. The van der Waals surface area contributed by atoms with Crippen molar-refractivity contribution in [3.8, 4) is 0 Å². The fourth-order valence-corrected chi connectivity index (χ4v) is 4.91. The van der Waals surface area contributed by atoms with E-state index in [4.69, 9.17) is 0 Å². The molecule has 0 nitrogen and oxygen atoms in total. The molecule has 1 aromatic carbocycles. The molecule has 0 spiro atoms. The third-order valence-electron chi connectivity index (χ3n) is 7.32. The lowest BCUT2D eigenvalue weighted by Crippen LogP contribution is -1.90. The van der Waals surface area contributed by atoms with Crippen LogP contribution in [0.15, 0.2) is 36.4 Å². The molecule has 0 aliphatic carbocycles. The van der Waals surface area contributed by atoms with Crippen molar-refractivity contribution in [2.24, 2.45) is 0 Å².